The molecule has 190 valence electrons. The lowest BCUT2D eigenvalue weighted by molar-refractivity contribution is -0.118. The van der Waals surface area contributed by atoms with Crippen molar-refractivity contribution in [2.24, 2.45) is 5.73 Å². The first-order valence-electron chi connectivity index (χ1n) is 12.0. The maximum absolute atomic E-state index is 11.4. The van der Waals surface area contributed by atoms with Crippen molar-refractivity contribution < 1.29 is 19.0 Å². The average Bonchev–Trinajstić information content (AvgIpc) is 3.31. The van der Waals surface area contributed by atoms with E-state index >= 15 is 0 Å². The topological polar surface area (TPSA) is 83.7 Å². The van der Waals surface area contributed by atoms with Gasteiger partial charge in [0.1, 0.15) is 19.0 Å². The highest BCUT2D eigenvalue weighted by Gasteiger charge is 2.14. The molecule has 0 saturated carbocycles. The molecule has 1 atom stereocenters. The van der Waals surface area contributed by atoms with Gasteiger partial charge in [-0.1, -0.05) is 30.2 Å². The third kappa shape index (κ3) is 6.48. The number of hydrogen-bond acceptors (Lipinski definition) is 6. The van der Waals surface area contributed by atoms with Crippen molar-refractivity contribution in [1.82, 2.24) is 4.98 Å². The molecule has 2 aromatic carbocycles. The quantitative estimate of drug-likeness (QED) is 0.200. The number of primary amides is 1. The van der Waals surface area contributed by atoms with Crippen LogP contribution >= 0.6 is 11.3 Å². The number of carbonyl (C=O) groups excluding carboxylic acids is 1. The molecule has 37 heavy (non-hydrogen) atoms. The lowest BCUT2D eigenvalue weighted by atomic mass is 9.97. The van der Waals surface area contributed by atoms with Crippen molar-refractivity contribution >= 4 is 27.3 Å². The molecule has 0 aliphatic heterocycles. The zero-order valence-electron chi connectivity index (χ0n) is 21.2. The fourth-order valence-electron chi connectivity index (χ4n) is 4.14. The van der Waals surface area contributed by atoms with Gasteiger partial charge in [0.15, 0.2) is 0 Å². The number of pyridine rings is 1. The average molecular weight is 515 g/mol. The summed E-state index contributed by atoms with van der Waals surface area (Å²) in [4.78, 5) is 15.8. The van der Waals surface area contributed by atoms with Crippen LogP contribution < -0.4 is 15.2 Å². The maximum Gasteiger partial charge on any atom is 0.219 e. The molecule has 4 aromatic rings. The van der Waals surface area contributed by atoms with Crippen LogP contribution in [0.15, 0.2) is 60.1 Å². The van der Waals surface area contributed by atoms with Crippen molar-refractivity contribution in [2.45, 2.75) is 32.8 Å². The molecular formula is C30H30N2O4S. The van der Waals surface area contributed by atoms with Crippen LogP contribution in [0.2, 0.25) is 0 Å². The SMILES string of the molecule is CC#C[C@@H](CC(N)=O)c1ccc(OCc2ccc3scc(-c4cccc(OCCOC)c4C)c3c2)nc1. The Labute approximate surface area is 221 Å². The van der Waals surface area contributed by atoms with E-state index in [0.717, 1.165) is 28.0 Å². The third-order valence-electron chi connectivity index (χ3n) is 6.03. The van der Waals surface area contributed by atoms with Gasteiger partial charge in [0, 0.05) is 41.4 Å². The molecule has 0 bridgehead atoms. The van der Waals surface area contributed by atoms with Gasteiger partial charge in [-0.25, -0.2) is 4.98 Å². The first kappa shape index (κ1) is 26.2. The number of nitrogens with zero attached hydrogens (tertiary/aromatic N) is 1. The van der Waals surface area contributed by atoms with Crippen molar-refractivity contribution in [3.05, 3.63) is 76.8 Å². The van der Waals surface area contributed by atoms with Crippen LogP contribution in [0.5, 0.6) is 11.6 Å². The molecule has 7 heteroatoms. The van der Waals surface area contributed by atoms with Crippen molar-refractivity contribution in [3.63, 3.8) is 0 Å². The van der Waals surface area contributed by atoms with E-state index in [0.29, 0.717) is 25.7 Å². The summed E-state index contributed by atoms with van der Waals surface area (Å²) in [6.07, 6.45) is 1.85. The molecule has 0 spiro atoms. The Morgan fingerprint density at radius 3 is 2.70 bits per heavy atom. The van der Waals surface area contributed by atoms with Gasteiger partial charge in [-0.05, 0) is 59.7 Å². The van der Waals surface area contributed by atoms with E-state index in [4.69, 9.17) is 19.9 Å². The fourth-order valence-corrected chi connectivity index (χ4v) is 5.08. The summed E-state index contributed by atoms with van der Waals surface area (Å²) in [7, 11) is 1.67. The minimum absolute atomic E-state index is 0.160. The number of ether oxygens (including phenoxy) is 3. The van der Waals surface area contributed by atoms with E-state index in [-0.39, 0.29) is 12.3 Å². The predicted octanol–water partition coefficient (Wildman–Crippen LogP) is 5.86. The summed E-state index contributed by atoms with van der Waals surface area (Å²) in [6.45, 7) is 5.27. The second-order valence-electron chi connectivity index (χ2n) is 8.59. The number of methoxy groups -OCH3 is 1. The molecule has 4 rings (SSSR count). The summed E-state index contributed by atoms with van der Waals surface area (Å²) < 4.78 is 18.2. The molecule has 6 nitrogen and oxygen atoms in total. The van der Waals surface area contributed by atoms with Gasteiger partial charge in [-0.15, -0.1) is 17.3 Å². The Balaban J connectivity index is 1.51. The zero-order chi connectivity index (χ0) is 26.2. The van der Waals surface area contributed by atoms with Gasteiger partial charge in [-0.3, -0.25) is 4.79 Å². The lowest BCUT2D eigenvalue weighted by Gasteiger charge is -2.13. The smallest absolute Gasteiger partial charge is 0.219 e. The molecule has 0 radical (unpaired) electrons. The van der Waals surface area contributed by atoms with Gasteiger partial charge >= 0.3 is 0 Å². The molecule has 0 aliphatic carbocycles. The van der Waals surface area contributed by atoms with Crippen LogP contribution in [0.4, 0.5) is 0 Å². The monoisotopic (exact) mass is 514 g/mol. The summed E-state index contributed by atoms with van der Waals surface area (Å²) in [6, 6.07) is 16.2. The van der Waals surface area contributed by atoms with Crippen molar-refractivity contribution in [1.29, 1.82) is 0 Å². The molecular weight excluding hydrogens is 484 g/mol. The van der Waals surface area contributed by atoms with Crippen LogP contribution in [-0.4, -0.2) is 31.2 Å². The number of fused-ring (bicyclic) bond motifs is 1. The van der Waals surface area contributed by atoms with Gasteiger partial charge in [0.25, 0.3) is 0 Å². The van der Waals surface area contributed by atoms with Gasteiger partial charge in [0.2, 0.25) is 11.8 Å². The second kappa shape index (κ2) is 12.4. The van der Waals surface area contributed by atoms with Crippen LogP contribution in [0, 0.1) is 18.8 Å². The lowest BCUT2D eigenvalue weighted by Crippen LogP contribution is -2.14. The standard InChI is InChI=1S/C30H30N2O4S/c1-4-6-22(16-29(31)33)23-10-12-30(32-17-23)36-18-21-9-11-28-25(15-21)26(19-37-28)24-7-5-8-27(20(24)2)35-14-13-34-3/h5,7-12,15,17,19,22H,13-14,16,18H2,1-3H3,(H2,31,33)/t22-/m0/s1. The normalized spacial score (nSPS) is 11.5. The van der Waals surface area contributed by atoms with E-state index in [1.807, 2.05) is 18.2 Å². The molecule has 0 fully saturated rings. The Bertz CT molecular complexity index is 1430. The Kier molecular flexibility index (Phi) is 8.78. The Hall–Kier alpha value is -3.86. The summed E-state index contributed by atoms with van der Waals surface area (Å²) in [5.74, 6) is 6.58. The minimum atomic E-state index is -0.392. The molecule has 1 amide bonds. The predicted molar refractivity (Wildman–Crippen MR) is 148 cm³/mol. The number of carbonyl (C=O) groups is 1. The summed E-state index contributed by atoms with van der Waals surface area (Å²) >= 11 is 1.72. The molecule has 0 aliphatic rings. The maximum atomic E-state index is 11.4. The molecule has 2 heterocycles. The molecule has 2 N–H and O–H groups in total. The number of aromatic nitrogens is 1. The van der Waals surface area contributed by atoms with E-state index in [2.05, 4.69) is 53.4 Å². The van der Waals surface area contributed by atoms with E-state index in [1.54, 1.807) is 37.6 Å². The highest BCUT2D eigenvalue weighted by atomic mass is 32.1. The second-order valence-corrected chi connectivity index (χ2v) is 9.50. The number of rotatable bonds is 11. The van der Waals surface area contributed by atoms with Crippen LogP contribution in [0.25, 0.3) is 21.2 Å². The van der Waals surface area contributed by atoms with Gasteiger partial charge in [-0.2, -0.15) is 0 Å². The summed E-state index contributed by atoms with van der Waals surface area (Å²) in [5, 5.41) is 3.37. The third-order valence-corrected chi connectivity index (χ3v) is 6.99. The van der Waals surface area contributed by atoms with Crippen LogP contribution in [0.3, 0.4) is 0 Å². The number of thiophene rings is 1. The first-order chi connectivity index (χ1) is 18.0. The number of benzene rings is 2. The Morgan fingerprint density at radius 2 is 1.97 bits per heavy atom. The minimum Gasteiger partial charge on any atom is -0.491 e. The highest BCUT2D eigenvalue weighted by Crippen LogP contribution is 2.38. The van der Waals surface area contributed by atoms with E-state index < -0.39 is 5.91 Å². The first-order valence-corrected chi connectivity index (χ1v) is 12.9. The largest absolute Gasteiger partial charge is 0.491 e. The van der Waals surface area contributed by atoms with Crippen LogP contribution in [-0.2, 0) is 16.1 Å². The van der Waals surface area contributed by atoms with Gasteiger partial charge < -0.3 is 19.9 Å². The van der Waals surface area contributed by atoms with E-state index in [9.17, 15) is 4.79 Å². The Morgan fingerprint density at radius 1 is 1.11 bits per heavy atom. The molecule has 0 unspecified atom stereocenters. The van der Waals surface area contributed by atoms with E-state index in [1.165, 1.54) is 15.6 Å². The number of hydrogen-bond donors (Lipinski definition) is 1. The van der Waals surface area contributed by atoms with Crippen molar-refractivity contribution in [3.8, 4) is 34.6 Å². The fraction of sp³-hybridized carbons (Fsp3) is 0.267. The van der Waals surface area contributed by atoms with Gasteiger partial charge in [0.05, 0.1) is 12.5 Å². The van der Waals surface area contributed by atoms with Crippen LogP contribution in [0.1, 0.15) is 36.0 Å². The molecule has 2 aromatic heterocycles. The summed E-state index contributed by atoms with van der Waals surface area (Å²) in [5.41, 5.74) is 10.7. The zero-order valence-corrected chi connectivity index (χ0v) is 22.1. The van der Waals surface area contributed by atoms with Crippen molar-refractivity contribution in [2.75, 3.05) is 20.3 Å². The molecule has 0 saturated heterocycles. The highest BCUT2D eigenvalue weighted by molar-refractivity contribution is 7.17. The number of amides is 1. The number of nitrogens with two attached hydrogens (primary N) is 1.